The first-order valence-corrected chi connectivity index (χ1v) is 6.81. The molecule has 1 rings (SSSR count). The molecule has 0 aromatic heterocycles. The molecule has 0 aliphatic heterocycles. The van der Waals surface area contributed by atoms with Gasteiger partial charge in [-0.1, -0.05) is 46.8 Å². The molecule has 1 aromatic rings. The summed E-state index contributed by atoms with van der Waals surface area (Å²) < 4.78 is 5.93. The van der Waals surface area contributed by atoms with Gasteiger partial charge in [-0.3, -0.25) is 0 Å². The Labute approximate surface area is 112 Å². The molecular weight excluding hydrogens is 222 g/mol. The Kier molecular flexibility index (Phi) is 5.21. The Morgan fingerprint density at radius 2 is 1.89 bits per heavy atom. The lowest BCUT2D eigenvalue weighted by Gasteiger charge is -2.24. The molecule has 1 aromatic carbocycles. The molecule has 0 aliphatic carbocycles. The lowest BCUT2D eigenvalue weighted by molar-refractivity contribution is 0.265. The molecule has 0 bridgehead atoms. The second-order valence-electron chi connectivity index (χ2n) is 6.32. The minimum Gasteiger partial charge on any atom is -0.493 e. The lowest BCUT2D eigenvalue weighted by atomic mass is 9.85. The predicted molar refractivity (Wildman–Crippen MR) is 78.2 cm³/mol. The van der Waals surface area contributed by atoms with Crippen LogP contribution in [0.3, 0.4) is 0 Å². The van der Waals surface area contributed by atoms with E-state index in [0.717, 1.165) is 18.8 Å². The molecule has 0 spiro atoms. The van der Waals surface area contributed by atoms with Crippen molar-refractivity contribution in [1.82, 2.24) is 0 Å². The Morgan fingerprint density at radius 3 is 2.39 bits per heavy atom. The van der Waals surface area contributed by atoms with Crippen LogP contribution in [0.15, 0.2) is 18.2 Å². The van der Waals surface area contributed by atoms with Gasteiger partial charge in [-0.25, -0.2) is 0 Å². The highest BCUT2D eigenvalue weighted by Gasteiger charge is 2.19. The van der Waals surface area contributed by atoms with Crippen LogP contribution < -0.4 is 10.5 Å². The summed E-state index contributed by atoms with van der Waals surface area (Å²) in [4.78, 5) is 0. The summed E-state index contributed by atoms with van der Waals surface area (Å²) in [6, 6.07) is 6.45. The third kappa shape index (κ3) is 4.34. The number of nitrogens with two attached hydrogens (primary N) is 1. The Balaban J connectivity index is 3.01. The Morgan fingerprint density at radius 1 is 1.22 bits per heavy atom. The summed E-state index contributed by atoms with van der Waals surface area (Å²) in [5.41, 5.74) is 8.28. The van der Waals surface area contributed by atoms with Crippen molar-refractivity contribution in [3.8, 4) is 5.75 Å². The molecule has 0 saturated carbocycles. The van der Waals surface area contributed by atoms with Crippen LogP contribution >= 0.6 is 0 Å². The average molecular weight is 249 g/mol. The molecule has 18 heavy (non-hydrogen) atoms. The van der Waals surface area contributed by atoms with E-state index in [1.54, 1.807) is 0 Å². The summed E-state index contributed by atoms with van der Waals surface area (Å²) in [7, 11) is 0. The van der Waals surface area contributed by atoms with Gasteiger partial charge in [0.1, 0.15) is 5.75 Å². The fourth-order valence-corrected chi connectivity index (χ4v) is 1.87. The second kappa shape index (κ2) is 6.24. The first-order chi connectivity index (χ1) is 8.34. The topological polar surface area (TPSA) is 35.2 Å². The van der Waals surface area contributed by atoms with Gasteiger partial charge in [0.15, 0.2) is 0 Å². The van der Waals surface area contributed by atoms with Crippen molar-refractivity contribution in [3.05, 3.63) is 29.3 Å². The molecule has 0 radical (unpaired) electrons. The van der Waals surface area contributed by atoms with Crippen LogP contribution in [0, 0.1) is 5.92 Å². The molecule has 0 fully saturated rings. The van der Waals surface area contributed by atoms with Crippen LogP contribution in [0.25, 0.3) is 0 Å². The van der Waals surface area contributed by atoms with E-state index in [0.29, 0.717) is 12.5 Å². The SMILES string of the molecule is CC(C)COc1ccc(CCN)cc1C(C)(C)C. The van der Waals surface area contributed by atoms with E-state index in [-0.39, 0.29) is 5.41 Å². The standard InChI is InChI=1S/C16H27NO/c1-12(2)11-18-15-7-6-13(8-9-17)10-14(15)16(3,4)5/h6-7,10,12H,8-9,11,17H2,1-5H3. The first-order valence-electron chi connectivity index (χ1n) is 6.81. The molecule has 0 heterocycles. The van der Waals surface area contributed by atoms with Crippen LogP contribution in [0.2, 0.25) is 0 Å². The van der Waals surface area contributed by atoms with Crippen molar-refractivity contribution < 1.29 is 4.74 Å². The van der Waals surface area contributed by atoms with Gasteiger partial charge >= 0.3 is 0 Å². The van der Waals surface area contributed by atoms with E-state index >= 15 is 0 Å². The zero-order valence-electron chi connectivity index (χ0n) is 12.4. The monoisotopic (exact) mass is 249 g/mol. The highest BCUT2D eigenvalue weighted by Crippen LogP contribution is 2.32. The summed E-state index contributed by atoms with van der Waals surface area (Å²) in [6.45, 7) is 12.4. The van der Waals surface area contributed by atoms with Gasteiger partial charge in [-0.15, -0.1) is 0 Å². The van der Waals surface area contributed by atoms with E-state index in [1.807, 2.05) is 0 Å². The highest BCUT2D eigenvalue weighted by atomic mass is 16.5. The maximum Gasteiger partial charge on any atom is 0.123 e. The molecule has 102 valence electrons. The molecule has 0 aliphatic rings. The summed E-state index contributed by atoms with van der Waals surface area (Å²) in [5, 5.41) is 0. The van der Waals surface area contributed by atoms with Crippen molar-refractivity contribution in [3.63, 3.8) is 0 Å². The summed E-state index contributed by atoms with van der Waals surface area (Å²) in [5.74, 6) is 1.55. The lowest BCUT2D eigenvalue weighted by Crippen LogP contribution is -2.16. The Bertz CT molecular complexity index is 377. The molecule has 0 saturated heterocycles. The van der Waals surface area contributed by atoms with Gasteiger partial charge in [-0.2, -0.15) is 0 Å². The smallest absolute Gasteiger partial charge is 0.123 e. The molecule has 0 amide bonds. The van der Waals surface area contributed by atoms with E-state index in [4.69, 9.17) is 10.5 Å². The van der Waals surface area contributed by atoms with Crippen molar-refractivity contribution in [2.24, 2.45) is 11.7 Å². The Hall–Kier alpha value is -1.02. The summed E-state index contributed by atoms with van der Waals surface area (Å²) in [6.07, 6.45) is 0.924. The van der Waals surface area contributed by atoms with Crippen molar-refractivity contribution in [2.45, 2.75) is 46.5 Å². The third-order valence-corrected chi connectivity index (χ3v) is 2.86. The minimum absolute atomic E-state index is 0.0942. The number of hydrogen-bond donors (Lipinski definition) is 1. The van der Waals surface area contributed by atoms with Crippen molar-refractivity contribution in [2.75, 3.05) is 13.2 Å². The van der Waals surface area contributed by atoms with Crippen LogP contribution in [-0.4, -0.2) is 13.2 Å². The molecule has 0 unspecified atom stereocenters. The number of benzene rings is 1. The van der Waals surface area contributed by atoms with Crippen LogP contribution in [-0.2, 0) is 11.8 Å². The largest absolute Gasteiger partial charge is 0.493 e. The van der Waals surface area contributed by atoms with E-state index < -0.39 is 0 Å². The van der Waals surface area contributed by atoms with Crippen molar-refractivity contribution >= 4 is 0 Å². The van der Waals surface area contributed by atoms with Gasteiger partial charge in [0.2, 0.25) is 0 Å². The van der Waals surface area contributed by atoms with Gasteiger partial charge in [-0.05, 0) is 41.5 Å². The van der Waals surface area contributed by atoms with Crippen LogP contribution in [0.4, 0.5) is 0 Å². The van der Waals surface area contributed by atoms with Crippen LogP contribution in [0.5, 0.6) is 5.75 Å². The fraction of sp³-hybridized carbons (Fsp3) is 0.625. The first kappa shape index (κ1) is 15.0. The summed E-state index contributed by atoms with van der Waals surface area (Å²) >= 11 is 0. The molecule has 0 atom stereocenters. The molecule has 2 N–H and O–H groups in total. The van der Waals surface area contributed by atoms with E-state index in [1.165, 1.54) is 11.1 Å². The highest BCUT2D eigenvalue weighted by molar-refractivity contribution is 5.41. The zero-order valence-corrected chi connectivity index (χ0v) is 12.4. The quantitative estimate of drug-likeness (QED) is 0.866. The zero-order chi connectivity index (χ0) is 13.8. The fourth-order valence-electron chi connectivity index (χ4n) is 1.87. The number of hydrogen-bond acceptors (Lipinski definition) is 2. The minimum atomic E-state index is 0.0942. The normalized spacial score (nSPS) is 11.9. The van der Waals surface area contributed by atoms with Gasteiger partial charge in [0.25, 0.3) is 0 Å². The molecular formula is C16H27NO. The average Bonchev–Trinajstić information content (AvgIpc) is 2.26. The van der Waals surface area contributed by atoms with Gasteiger partial charge in [0.05, 0.1) is 6.61 Å². The molecule has 2 nitrogen and oxygen atoms in total. The van der Waals surface area contributed by atoms with E-state index in [2.05, 4.69) is 52.8 Å². The van der Waals surface area contributed by atoms with E-state index in [9.17, 15) is 0 Å². The predicted octanol–water partition coefficient (Wildman–Crippen LogP) is 3.52. The van der Waals surface area contributed by atoms with Crippen LogP contribution in [0.1, 0.15) is 45.7 Å². The number of rotatable bonds is 5. The third-order valence-electron chi connectivity index (χ3n) is 2.86. The maximum absolute atomic E-state index is 5.93. The number of ether oxygens (including phenoxy) is 1. The van der Waals surface area contributed by atoms with Gasteiger partial charge in [0, 0.05) is 0 Å². The maximum atomic E-state index is 5.93. The second-order valence-corrected chi connectivity index (χ2v) is 6.32. The van der Waals surface area contributed by atoms with Crippen molar-refractivity contribution in [1.29, 1.82) is 0 Å². The molecule has 2 heteroatoms. The van der Waals surface area contributed by atoms with Gasteiger partial charge < -0.3 is 10.5 Å².